The van der Waals surface area contributed by atoms with Gasteiger partial charge in [-0.05, 0) is 69.5 Å². The van der Waals surface area contributed by atoms with Crippen LogP contribution in [0.4, 0.5) is 10.2 Å². The van der Waals surface area contributed by atoms with Gasteiger partial charge in [0.25, 0.3) is 11.5 Å². The maximum atomic E-state index is 13.5. The van der Waals surface area contributed by atoms with Crippen molar-refractivity contribution in [1.29, 1.82) is 0 Å². The summed E-state index contributed by atoms with van der Waals surface area (Å²) >= 11 is 0. The van der Waals surface area contributed by atoms with E-state index < -0.39 is 5.95 Å². The third kappa shape index (κ3) is 5.43. The molecule has 0 spiro atoms. The zero-order chi connectivity index (χ0) is 28.5. The highest BCUT2D eigenvalue weighted by Gasteiger charge is 2.30. The van der Waals surface area contributed by atoms with E-state index in [1.165, 1.54) is 29.3 Å². The molecule has 214 valence electrons. The van der Waals surface area contributed by atoms with E-state index in [1.807, 2.05) is 6.92 Å². The van der Waals surface area contributed by atoms with Crippen molar-refractivity contribution in [2.45, 2.75) is 58.0 Å². The standard InChI is InChI=1S/C29H33FN8O3/c1-2-12-37-26-24(28(40)38(29(37)41)21-8-9-21)33-25(34-26)19-7-11-23(32-17-19)36(16-15-35-13-4-3-5-14-35)27(39)20-6-10-22(30)31-18-20/h6-7,10-11,17-18,21H,2-5,8-9,12-16H2,1H3,(H,33,34). The first-order valence-corrected chi connectivity index (χ1v) is 14.3. The Hall–Kier alpha value is -4.19. The van der Waals surface area contributed by atoms with E-state index >= 15 is 0 Å². The minimum absolute atomic E-state index is 0.0556. The fourth-order valence-electron chi connectivity index (χ4n) is 5.44. The molecule has 6 rings (SSSR count). The number of fused-ring (bicyclic) bond motifs is 1. The Balaban J connectivity index is 1.32. The van der Waals surface area contributed by atoms with Gasteiger partial charge in [0.15, 0.2) is 5.65 Å². The normalized spacial score (nSPS) is 15.9. The van der Waals surface area contributed by atoms with Crippen molar-refractivity contribution in [3.8, 4) is 11.4 Å². The summed E-state index contributed by atoms with van der Waals surface area (Å²) in [5.74, 6) is -0.108. The molecule has 1 amide bonds. The van der Waals surface area contributed by atoms with Gasteiger partial charge >= 0.3 is 5.69 Å². The first-order valence-electron chi connectivity index (χ1n) is 14.3. The van der Waals surface area contributed by atoms with Crippen LogP contribution < -0.4 is 16.1 Å². The molecule has 1 saturated heterocycles. The van der Waals surface area contributed by atoms with Gasteiger partial charge in [-0.1, -0.05) is 13.3 Å². The fraction of sp³-hybridized carbons (Fsp3) is 0.448. The van der Waals surface area contributed by atoms with Crippen molar-refractivity contribution in [3.63, 3.8) is 0 Å². The van der Waals surface area contributed by atoms with Crippen molar-refractivity contribution < 1.29 is 9.18 Å². The minimum Gasteiger partial charge on any atom is -0.332 e. The molecule has 1 aliphatic heterocycles. The highest BCUT2D eigenvalue weighted by molar-refractivity contribution is 6.05. The van der Waals surface area contributed by atoms with E-state index in [9.17, 15) is 18.8 Å². The van der Waals surface area contributed by atoms with Crippen LogP contribution in [0.2, 0.25) is 0 Å². The van der Waals surface area contributed by atoms with Gasteiger partial charge in [-0.15, -0.1) is 0 Å². The molecule has 0 bridgehead atoms. The van der Waals surface area contributed by atoms with Crippen LogP contribution in [0, 0.1) is 5.95 Å². The molecule has 4 aromatic rings. The lowest BCUT2D eigenvalue weighted by Crippen LogP contribution is -2.41. The number of carbonyl (C=O) groups is 1. The van der Waals surface area contributed by atoms with Gasteiger partial charge in [0.05, 0.1) is 5.56 Å². The Kier molecular flexibility index (Phi) is 7.48. The number of H-pyrrole nitrogens is 1. The molecule has 12 heteroatoms. The average Bonchev–Trinajstić information content (AvgIpc) is 3.73. The first kappa shape index (κ1) is 27.0. The molecular weight excluding hydrogens is 527 g/mol. The summed E-state index contributed by atoms with van der Waals surface area (Å²) in [5.41, 5.74) is 0.840. The van der Waals surface area contributed by atoms with Crippen molar-refractivity contribution in [1.82, 2.24) is 34.0 Å². The topological polar surface area (TPSA) is 122 Å². The van der Waals surface area contributed by atoms with E-state index in [0.29, 0.717) is 48.0 Å². The number of anilines is 1. The number of hydrogen-bond donors (Lipinski definition) is 1. The Bertz CT molecular complexity index is 1670. The monoisotopic (exact) mass is 560 g/mol. The van der Waals surface area contributed by atoms with Crippen LogP contribution in [0.25, 0.3) is 22.6 Å². The number of nitrogens with zero attached hydrogens (tertiary/aromatic N) is 7. The number of pyridine rings is 2. The van der Waals surface area contributed by atoms with E-state index in [4.69, 9.17) is 0 Å². The van der Waals surface area contributed by atoms with Gasteiger partial charge in [0, 0.05) is 43.6 Å². The Morgan fingerprint density at radius 1 is 1.05 bits per heavy atom. The second-order valence-corrected chi connectivity index (χ2v) is 10.8. The minimum atomic E-state index is -0.650. The van der Waals surface area contributed by atoms with E-state index in [0.717, 1.165) is 45.2 Å². The van der Waals surface area contributed by atoms with Crippen LogP contribution >= 0.6 is 0 Å². The van der Waals surface area contributed by atoms with Crippen LogP contribution in [0.15, 0.2) is 46.2 Å². The molecule has 0 radical (unpaired) electrons. The van der Waals surface area contributed by atoms with Gasteiger partial charge < -0.3 is 9.88 Å². The quantitative estimate of drug-likeness (QED) is 0.312. The number of aromatic nitrogens is 6. The Labute approximate surface area is 235 Å². The first-order chi connectivity index (χ1) is 19.9. The molecule has 2 fully saturated rings. The lowest BCUT2D eigenvalue weighted by molar-refractivity contribution is 0.0981. The van der Waals surface area contributed by atoms with Crippen LogP contribution in [0.1, 0.15) is 61.8 Å². The van der Waals surface area contributed by atoms with Gasteiger partial charge in [-0.2, -0.15) is 4.39 Å². The maximum absolute atomic E-state index is 13.5. The lowest BCUT2D eigenvalue weighted by Gasteiger charge is -2.29. The van der Waals surface area contributed by atoms with E-state index in [1.54, 1.807) is 27.8 Å². The zero-order valence-electron chi connectivity index (χ0n) is 23.1. The van der Waals surface area contributed by atoms with Crippen LogP contribution in [0.5, 0.6) is 0 Å². The van der Waals surface area contributed by atoms with Crippen molar-refractivity contribution >= 4 is 22.9 Å². The Morgan fingerprint density at radius 3 is 2.51 bits per heavy atom. The molecule has 1 N–H and O–H groups in total. The molecule has 41 heavy (non-hydrogen) atoms. The highest BCUT2D eigenvalue weighted by Crippen LogP contribution is 2.32. The number of imidazole rings is 1. The van der Waals surface area contributed by atoms with Gasteiger partial charge in [0.1, 0.15) is 17.2 Å². The fourth-order valence-corrected chi connectivity index (χ4v) is 5.44. The van der Waals surface area contributed by atoms with Crippen LogP contribution in [-0.2, 0) is 6.54 Å². The Morgan fingerprint density at radius 2 is 1.85 bits per heavy atom. The summed E-state index contributed by atoms with van der Waals surface area (Å²) in [5, 5.41) is 0. The maximum Gasteiger partial charge on any atom is 0.333 e. The second-order valence-electron chi connectivity index (χ2n) is 10.8. The molecule has 2 aliphatic rings. The molecule has 5 heterocycles. The summed E-state index contributed by atoms with van der Waals surface area (Å²) < 4.78 is 16.3. The molecule has 1 aliphatic carbocycles. The number of rotatable bonds is 9. The largest absolute Gasteiger partial charge is 0.333 e. The number of piperidine rings is 1. The summed E-state index contributed by atoms with van der Waals surface area (Å²) in [6.45, 7) is 5.51. The van der Waals surface area contributed by atoms with Crippen LogP contribution in [0.3, 0.4) is 0 Å². The van der Waals surface area contributed by atoms with Gasteiger partial charge in [-0.3, -0.25) is 23.6 Å². The predicted octanol–water partition coefficient (Wildman–Crippen LogP) is 3.36. The second kappa shape index (κ2) is 11.4. The molecule has 11 nitrogen and oxygen atoms in total. The summed E-state index contributed by atoms with van der Waals surface area (Å²) in [7, 11) is 0. The van der Waals surface area contributed by atoms with Crippen molar-refractivity contribution in [2.75, 3.05) is 31.1 Å². The summed E-state index contributed by atoms with van der Waals surface area (Å²) in [4.78, 5) is 59.7. The molecule has 0 atom stereocenters. The number of halogens is 1. The molecule has 4 aromatic heterocycles. The van der Waals surface area contributed by atoms with E-state index in [-0.39, 0.29) is 28.8 Å². The zero-order valence-corrected chi connectivity index (χ0v) is 23.1. The van der Waals surface area contributed by atoms with Gasteiger partial charge in [0.2, 0.25) is 5.95 Å². The third-order valence-corrected chi connectivity index (χ3v) is 7.78. The number of likely N-dealkylation sites (tertiary alicyclic amines) is 1. The average molecular weight is 561 g/mol. The highest BCUT2D eigenvalue weighted by atomic mass is 19.1. The number of amides is 1. The number of carbonyl (C=O) groups excluding carboxylic acids is 1. The lowest BCUT2D eigenvalue weighted by atomic mass is 10.1. The number of hydrogen-bond acceptors (Lipinski definition) is 7. The van der Waals surface area contributed by atoms with E-state index in [2.05, 4.69) is 24.8 Å². The summed E-state index contributed by atoms with van der Waals surface area (Å²) in [6.07, 6.45) is 8.68. The number of aromatic amines is 1. The predicted molar refractivity (Wildman–Crippen MR) is 153 cm³/mol. The number of nitrogens with one attached hydrogen (secondary N) is 1. The van der Waals surface area contributed by atoms with Crippen LogP contribution in [-0.4, -0.2) is 66.1 Å². The summed E-state index contributed by atoms with van der Waals surface area (Å²) in [6, 6.07) is 6.05. The van der Waals surface area contributed by atoms with Gasteiger partial charge in [-0.25, -0.2) is 19.7 Å². The molecular formula is C29H33FN8O3. The SMILES string of the molecule is CCCn1c(=O)n(C2CC2)c(=O)c2[nH]c(-c3ccc(N(CCN4CCCCC4)C(=O)c4ccc(F)nc4)nc3)nc21. The molecule has 1 saturated carbocycles. The number of aryl methyl sites for hydroxylation is 1. The molecule has 0 unspecified atom stereocenters. The third-order valence-electron chi connectivity index (χ3n) is 7.78. The van der Waals surface area contributed by atoms with Crippen molar-refractivity contribution in [2.24, 2.45) is 0 Å². The smallest absolute Gasteiger partial charge is 0.332 e. The molecule has 0 aromatic carbocycles. The van der Waals surface area contributed by atoms with Crippen molar-refractivity contribution in [3.05, 3.63) is 69.0 Å².